The number of aromatic nitrogens is 1. The molecule has 0 fully saturated rings. The number of carbonyl (C=O) groups excluding carboxylic acids is 1. The van der Waals surface area contributed by atoms with Crippen molar-refractivity contribution < 1.29 is 9.32 Å². The van der Waals surface area contributed by atoms with Crippen LogP contribution in [0.2, 0.25) is 0 Å². The second-order valence-corrected chi connectivity index (χ2v) is 2.66. The molecule has 68 valence electrons. The lowest BCUT2D eigenvalue weighted by molar-refractivity contribution is 0.0856. The highest BCUT2D eigenvalue weighted by molar-refractivity contribution is 5.96. The van der Waals surface area contributed by atoms with Gasteiger partial charge < -0.3 is 4.52 Å². The summed E-state index contributed by atoms with van der Waals surface area (Å²) in [6.07, 6.45) is 1.72. The first-order valence-electron chi connectivity index (χ1n) is 3.68. The molecule has 1 heterocycles. The van der Waals surface area contributed by atoms with Gasteiger partial charge in [-0.1, -0.05) is 5.16 Å². The van der Waals surface area contributed by atoms with Crippen LogP contribution in [-0.2, 0) is 0 Å². The molecular weight excluding hydrogens is 170 g/mol. The van der Waals surface area contributed by atoms with Gasteiger partial charge in [-0.3, -0.25) is 4.79 Å². The van der Waals surface area contributed by atoms with Gasteiger partial charge in [-0.05, 0) is 13.8 Å². The lowest BCUT2D eigenvalue weighted by Gasteiger charge is -2.04. The second-order valence-electron chi connectivity index (χ2n) is 2.66. The SMILES string of the molecule is Cc1noc(C)c1C(=O)N(C)C#N. The third kappa shape index (κ3) is 1.51. The predicted molar refractivity (Wildman–Crippen MR) is 43.7 cm³/mol. The summed E-state index contributed by atoms with van der Waals surface area (Å²) in [5, 5.41) is 12.1. The van der Waals surface area contributed by atoms with E-state index in [1.54, 1.807) is 20.0 Å². The molecule has 13 heavy (non-hydrogen) atoms. The van der Waals surface area contributed by atoms with Crippen LogP contribution in [0.3, 0.4) is 0 Å². The van der Waals surface area contributed by atoms with Crippen molar-refractivity contribution in [3.8, 4) is 6.19 Å². The van der Waals surface area contributed by atoms with Gasteiger partial charge >= 0.3 is 0 Å². The Morgan fingerprint density at radius 2 is 2.23 bits per heavy atom. The molecule has 0 saturated heterocycles. The monoisotopic (exact) mass is 179 g/mol. The van der Waals surface area contributed by atoms with Crippen LogP contribution in [0, 0.1) is 25.3 Å². The van der Waals surface area contributed by atoms with Gasteiger partial charge in [0.05, 0.1) is 5.69 Å². The number of nitriles is 1. The van der Waals surface area contributed by atoms with E-state index in [4.69, 9.17) is 9.78 Å². The van der Waals surface area contributed by atoms with E-state index in [2.05, 4.69) is 5.16 Å². The van der Waals surface area contributed by atoms with Gasteiger partial charge in [0, 0.05) is 7.05 Å². The van der Waals surface area contributed by atoms with Crippen LogP contribution in [0.15, 0.2) is 4.52 Å². The average Bonchev–Trinajstić information content (AvgIpc) is 2.44. The molecule has 0 spiro atoms. The normalized spacial score (nSPS) is 9.38. The standard InChI is InChI=1S/C8H9N3O2/c1-5-7(6(2)13-10-5)8(12)11(3)4-9/h1-3H3. The Morgan fingerprint density at radius 3 is 2.62 bits per heavy atom. The largest absolute Gasteiger partial charge is 0.361 e. The number of carbonyl (C=O) groups is 1. The molecule has 1 aromatic heterocycles. The fourth-order valence-electron chi connectivity index (χ4n) is 1.00. The number of amides is 1. The average molecular weight is 179 g/mol. The van der Waals surface area contributed by atoms with E-state index in [0.29, 0.717) is 17.0 Å². The van der Waals surface area contributed by atoms with Gasteiger partial charge in [-0.2, -0.15) is 5.26 Å². The highest BCUT2D eigenvalue weighted by Gasteiger charge is 2.20. The molecule has 1 aromatic rings. The summed E-state index contributed by atoms with van der Waals surface area (Å²) in [7, 11) is 1.40. The van der Waals surface area contributed by atoms with E-state index in [-0.39, 0.29) is 0 Å². The molecule has 0 atom stereocenters. The summed E-state index contributed by atoms with van der Waals surface area (Å²) < 4.78 is 4.80. The number of hydrogen-bond acceptors (Lipinski definition) is 4. The van der Waals surface area contributed by atoms with Gasteiger partial charge in [0.15, 0.2) is 6.19 Å². The van der Waals surface area contributed by atoms with Crippen molar-refractivity contribution in [1.82, 2.24) is 10.1 Å². The number of aryl methyl sites for hydroxylation is 2. The first-order valence-corrected chi connectivity index (χ1v) is 3.68. The summed E-state index contributed by atoms with van der Waals surface area (Å²) in [5.41, 5.74) is 0.869. The Hall–Kier alpha value is -1.83. The Kier molecular flexibility index (Phi) is 2.33. The highest BCUT2D eigenvalue weighted by Crippen LogP contribution is 2.13. The van der Waals surface area contributed by atoms with Crippen LogP contribution < -0.4 is 0 Å². The maximum atomic E-state index is 11.5. The van der Waals surface area contributed by atoms with Gasteiger partial charge in [0.1, 0.15) is 11.3 Å². The second kappa shape index (κ2) is 3.27. The molecular formula is C8H9N3O2. The minimum Gasteiger partial charge on any atom is -0.361 e. The van der Waals surface area contributed by atoms with Gasteiger partial charge in [-0.15, -0.1) is 0 Å². The van der Waals surface area contributed by atoms with E-state index < -0.39 is 5.91 Å². The molecule has 0 aromatic carbocycles. The number of rotatable bonds is 1. The molecule has 1 rings (SSSR count). The van der Waals surface area contributed by atoms with Crippen molar-refractivity contribution in [2.45, 2.75) is 13.8 Å². The highest BCUT2D eigenvalue weighted by atomic mass is 16.5. The van der Waals surface area contributed by atoms with Crippen LogP contribution in [0.25, 0.3) is 0 Å². The van der Waals surface area contributed by atoms with Crippen molar-refractivity contribution in [3.05, 3.63) is 17.0 Å². The fraction of sp³-hybridized carbons (Fsp3) is 0.375. The van der Waals surface area contributed by atoms with Crippen LogP contribution in [0.1, 0.15) is 21.8 Å². The van der Waals surface area contributed by atoms with Crippen LogP contribution in [0.4, 0.5) is 0 Å². The minimum absolute atomic E-state index is 0.365. The minimum atomic E-state index is -0.390. The first-order chi connectivity index (χ1) is 6.07. The van der Waals surface area contributed by atoms with E-state index in [0.717, 1.165) is 4.90 Å². The third-order valence-corrected chi connectivity index (χ3v) is 1.70. The molecule has 0 saturated carbocycles. The topological polar surface area (TPSA) is 70.1 Å². The van der Waals surface area contributed by atoms with Crippen molar-refractivity contribution in [3.63, 3.8) is 0 Å². The molecule has 0 bridgehead atoms. The Morgan fingerprint density at radius 1 is 1.62 bits per heavy atom. The maximum Gasteiger partial charge on any atom is 0.272 e. The van der Waals surface area contributed by atoms with Crippen molar-refractivity contribution in [2.75, 3.05) is 7.05 Å². The van der Waals surface area contributed by atoms with Gasteiger partial charge in [0.25, 0.3) is 5.91 Å². The molecule has 5 heteroatoms. The van der Waals surface area contributed by atoms with E-state index in [1.165, 1.54) is 7.05 Å². The molecule has 0 unspecified atom stereocenters. The third-order valence-electron chi connectivity index (χ3n) is 1.70. The zero-order valence-corrected chi connectivity index (χ0v) is 7.66. The van der Waals surface area contributed by atoms with E-state index in [9.17, 15) is 4.79 Å². The molecule has 1 amide bonds. The smallest absolute Gasteiger partial charge is 0.272 e. The Labute approximate surface area is 75.5 Å². The predicted octanol–water partition coefficient (Wildman–Crippen LogP) is 0.845. The molecule has 0 aliphatic heterocycles. The van der Waals surface area contributed by atoms with Crippen LogP contribution in [-0.4, -0.2) is 23.0 Å². The summed E-state index contributed by atoms with van der Waals surface area (Å²) in [6.45, 7) is 3.30. The summed E-state index contributed by atoms with van der Waals surface area (Å²) in [5.74, 6) is 0.0448. The van der Waals surface area contributed by atoms with Crippen molar-refractivity contribution >= 4 is 5.91 Å². The molecule has 0 aliphatic carbocycles. The van der Waals surface area contributed by atoms with Crippen molar-refractivity contribution in [2.24, 2.45) is 0 Å². The fourth-order valence-corrected chi connectivity index (χ4v) is 1.00. The summed E-state index contributed by atoms with van der Waals surface area (Å²) in [4.78, 5) is 12.4. The zero-order valence-electron chi connectivity index (χ0n) is 7.66. The molecule has 5 nitrogen and oxygen atoms in total. The maximum absolute atomic E-state index is 11.5. The molecule has 0 N–H and O–H groups in total. The summed E-state index contributed by atoms with van der Waals surface area (Å²) >= 11 is 0. The van der Waals surface area contributed by atoms with Crippen molar-refractivity contribution in [1.29, 1.82) is 5.26 Å². The van der Waals surface area contributed by atoms with Gasteiger partial charge in [0.2, 0.25) is 0 Å². The summed E-state index contributed by atoms with van der Waals surface area (Å²) in [6, 6.07) is 0. The molecule has 0 radical (unpaired) electrons. The van der Waals surface area contributed by atoms with Crippen LogP contribution >= 0.6 is 0 Å². The zero-order chi connectivity index (χ0) is 10.0. The number of nitrogens with zero attached hydrogens (tertiary/aromatic N) is 3. The van der Waals surface area contributed by atoms with Crippen LogP contribution in [0.5, 0.6) is 0 Å². The lowest BCUT2D eigenvalue weighted by Crippen LogP contribution is -2.22. The quantitative estimate of drug-likeness (QED) is 0.473. The van der Waals surface area contributed by atoms with Gasteiger partial charge in [-0.25, -0.2) is 4.90 Å². The first kappa shape index (κ1) is 9.26. The Bertz CT molecular complexity index is 356. The molecule has 0 aliphatic rings. The number of hydrogen-bond donors (Lipinski definition) is 0. The van der Waals surface area contributed by atoms with E-state index >= 15 is 0 Å². The van der Waals surface area contributed by atoms with E-state index in [1.807, 2.05) is 0 Å². The lowest BCUT2D eigenvalue weighted by atomic mass is 10.2. The Balaban J connectivity index is 3.09.